The van der Waals surface area contributed by atoms with Crippen LogP contribution in [0.2, 0.25) is 0 Å². The smallest absolute Gasteiger partial charge is 0.401 e. The number of anilines is 2. The summed E-state index contributed by atoms with van der Waals surface area (Å²) < 4.78 is 61.4. The van der Waals surface area contributed by atoms with Crippen LogP contribution in [0.5, 0.6) is 17.4 Å². The summed E-state index contributed by atoms with van der Waals surface area (Å²) in [5.74, 6) is 0.977. The number of alkyl halides is 3. The van der Waals surface area contributed by atoms with E-state index in [1.54, 1.807) is 26.3 Å². The number of amides is 2. The van der Waals surface area contributed by atoms with Crippen molar-refractivity contribution in [3.63, 3.8) is 0 Å². The molecule has 2 N–H and O–H groups in total. The molecular weight excluding hydrogens is 557 g/mol. The van der Waals surface area contributed by atoms with E-state index in [-0.39, 0.29) is 18.2 Å². The molecule has 0 spiro atoms. The van der Waals surface area contributed by atoms with Crippen molar-refractivity contribution in [3.8, 4) is 28.6 Å². The third-order valence-corrected chi connectivity index (χ3v) is 6.20. The van der Waals surface area contributed by atoms with Crippen molar-refractivity contribution < 1.29 is 36.7 Å². The standard InChI is InChI=1S/C28H29F3N6O5/c1-6-40-21-11-18(13-33-25(21)41-15-17-7-9-19(39-5)10-8-17)20-14-32-24(16(2)34-20)36-26(38)35-23-12-22(42-37-23)27(3,4)28(29,30)31/h7-14H,6,15H2,1-5H3,(H2,32,35,36,37,38). The number of nitrogens with zero attached hydrogens (tertiary/aromatic N) is 4. The van der Waals surface area contributed by atoms with Crippen molar-refractivity contribution in [1.82, 2.24) is 20.1 Å². The van der Waals surface area contributed by atoms with Gasteiger partial charge in [0.05, 0.1) is 31.3 Å². The van der Waals surface area contributed by atoms with Crippen LogP contribution >= 0.6 is 0 Å². The number of pyridine rings is 1. The Morgan fingerprint density at radius 3 is 2.40 bits per heavy atom. The third kappa shape index (κ3) is 6.87. The monoisotopic (exact) mass is 586 g/mol. The van der Waals surface area contributed by atoms with Gasteiger partial charge in [0.15, 0.2) is 23.1 Å². The molecule has 0 fully saturated rings. The lowest BCUT2D eigenvalue weighted by Crippen LogP contribution is -2.35. The Hall–Kier alpha value is -4.88. The summed E-state index contributed by atoms with van der Waals surface area (Å²) in [5, 5.41) is 8.33. The van der Waals surface area contributed by atoms with E-state index in [1.165, 1.54) is 6.20 Å². The number of ether oxygens (including phenoxy) is 3. The Bertz CT molecular complexity index is 1540. The minimum Gasteiger partial charge on any atom is -0.497 e. The van der Waals surface area contributed by atoms with Crippen LogP contribution in [0.3, 0.4) is 0 Å². The quantitative estimate of drug-likeness (QED) is 0.219. The van der Waals surface area contributed by atoms with Crippen molar-refractivity contribution in [1.29, 1.82) is 0 Å². The second-order valence-corrected chi connectivity index (χ2v) is 9.56. The van der Waals surface area contributed by atoms with Gasteiger partial charge in [0.2, 0.25) is 0 Å². The maximum Gasteiger partial charge on any atom is 0.401 e. The lowest BCUT2D eigenvalue weighted by Gasteiger charge is -2.24. The highest BCUT2D eigenvalue weighted by Gasteiger charge is 2.51. The van der Waals surface area contributed by atoms with Crippen LogP contribution in [-0.4, -0.2) is 46.0 Å². The number of benzene rings is 1. The number of urea groups is 1. The molecule has 0 aliphatic carbocycles. The number of halogens is 3. The summed E-state index contributed by atoms with van der Waals surface area (Å²) in [7, 11) is 1.60. The van der Waals surface area contributed by atoms with Gasteiger partial charge in [0, 0.05) is 17.8 Å². The van der Waals surface area contributed by atoms with E-state index in [0.29, 0.717) is 35.2 Å². The van der Waals surface area contributed by atoms with Gasteiger partial charge in [-0.25, -0.2) is 19.7 Å². The molecule has 11 nitrogen and oxygen atoms in total. The fraction of sp³-hybridized carbons (Fsp3) is 0.321. The second-order valence-electron chi connectivity index (χ2n) is 9.56. The number of carbonyl (C=O) groups is 1. The van der Waals surface area contributed by atoms with Gasteiger partial charge >= 0.3 is 12.2 Å². The van der Waals surface area contributed by atoms with E-state index in [0.717, 1.165) is 31.2 Å². The maximum atomic E-state index is 13.3. The molecule has 0 saturated heterocycles. The highest BCUT2D eigenvalue weighted by Crippen LogP contribution is 2.41. The van der Waals surface area contributed by atoms with Gasteiger partial charge in [-0.1, -0.05) is 17.3 Å². The van der Waals surface area contributed by atoms with Gasteiger partial charge in [-0.05, 0) is 51.5 Å². The topological polar surface area (TPSA) is 134 Å². The third-order valence-electron chi connectivity index (χ3n) is 6.20. The van der Waals surface area contributed by atoms with Gasteiger partial charge in [-0.15, -0.1) is 0 Å². The Labute approximate surface area is 239 Å². The number of hydrogen-bond donors (Lipinski definition) is 2. The number of rotatable bonds is 10. The van der Waals surface area contributed by atoms with Gasteiger partial charge in [0.1, 0.15) is 17.8 Å². The van der Waals surface area contributed by atoms with E-state index in [1.807, 2.05) is 31.2 Å². The Morgan fingerprint density at radius 1 is 1.02 bits per heavy atom. The van der Waals surface area contributed by atoms with Crippen LogP contribution in [0.25, 0.3) is 11.3 Å². The summed E-state index contributed by atoms with van der Waals surface area (Å²) in [6.45, 7) is 6.03. The van der Waals surface area contributed by atoms with Crippen LogP contribution in [0.15, 0.2) is 53.3 Å². The van der Waals surface area contributed by atoms with Crippen molar-refractivity contribution in [2.45, 2.75) is 45.9 Å². The van der Waals surface area contributed by atoms with Crippen molar-refractivity contribution in [2.75, 3.05) is 24.4 Å². The van der Waals surface area contributed by atoms with Crippen LogP contribution in [0, 0.1) is 6.92 Å². The van der Waals surface area contributed by atoms with Crippen molar-refractivity contribution in [2.24, 2.45) is 0 Å². The first kappa shape index (κ1) is 30.1. The largest absolute Gasteiger partial charge is 0.497 e. The second kappa shape index (κ2) is 12.3. The fourth-order valence-electron chi connectivity index (χ4n) is 3.58. The van der Waals surface area contributed by atoms with Crippen molar-refractivity contribution in [3.05, 3.63) is 65.8 Å². The molecule has 0 bridgehead atoms. The lowest BCUT2D eigenvalue weighted by atomic mass is 9.89. The molecule has 0 aliphatic heterocycles. The molecule has 222 valence electrons. The van der Waals surface area contributed by atoms with Gasteiger partial charge < -0.3 is 18.7 Å². The molecule has 0 radical (unpaired) electrons. The van der Waals surface area contributed by atoms with Gasteiger partial charge in [-0.2, -0.15) is 13.2 Å². The minimum atomic E-state index is -4.57. The molecule has 14 heteroatoms. The number of hydrogen-bond acceptors (Lipinski definition) is 9. The fourth-order valence-corrected chi connectivity index (χ4v) is 3.58. The highest BCUT2D eigenvalue weighted by molar-refractivity contribution is 5.98. The number of methoxy groups -OCH3 is 1. The molecule has 0 aliphatic rings. The molecule has 2 amide bonds. The molecule has 4 rings (SSSR count). The van der Waals surface area contributed by atoms with E-state index in [9.17, 15) is 18.0 Å². The summed E-state index contributed by atoms with van der Waals surface area (Å²) in [6.07, 6.45) is -1.56. The van der Waals surface area contributed by atoms with E-state index in [2.05, 4.69) is 30.7 Å². The number of aryl methyl sites for hydroxylation is 1. The predicted molar refractivity (Wildman–Crippen MR) is 147 cm³/mol. The van der Waals surface area contributed by atoms with Crippen LogP contribution < -0.4 is 24.8 Å². The minimum absolute atomic E-state index is 0.132. The molecule has 0 atom stereocenters. The summed E-state index contributed by atoms with van der Waals surface area (Å²) in [5.41, 5.74) is 0.0752. The maximum absolute atomic E-state index is 13.3. The first-order valence-electron chi connectivity index (χ1n) is 12.8. The Morgan fingerprint density at radius 2 is 1.76 bits per heavy atom. The zero-order chi connectivity index (χ0) is 30.5. The average Bonchev–Trinajstić information content (AvgIpc) is 3.42. The molecule has 1 aromatic carbocycles. The molecule has 4 aromatic rings. The zero-order valence-electron chi connectivity index (χ0n) is 23.5. The van der Waals surface area contributed by atoms with Crippen molar-refractivity contribution >= 4 is 17.7 Å². The summed E-state index contributed by atoms with van der Waals surface area (Å²) in [6, 6.07) is 9.41. The van der Waals surface area contributed by atoms with Gasteiger partial charge in [-0.3, -0.25) is 10.6 Å². The molecule has 0 unspecified atom stereocenters. The van der Waals surface area contributed by atoms with E-state index in [4.69, 9.17) is 18.7 Å². The lowest BCUT2D eigenvalue weighted by molar-refractivity contribution is -0.185. The predicted octanol–water partition coefficient (Wildman–Crippen LogP) is 6.31. The molecule has 0 saturated carbocycles. The van der Waals surface area contributed by atoms with E-state index >= 15 is 0 Å². The Balaban J connectivity index is 1.43. The van der Waals surface area contributed by atoms with Crippen LogP contribution in [0.4, 0.5) is 29.6 Å². The summed E-state index contributed by atoms with van der Waals surface area (Å²) in [4.78, 5) is 25.6. The molecule has 3 aromatic heterocycles. The number of aromatic nitrogens is 4. The Kier molecular flexibility index (Phi) is 8.83. The highest BCUT2D eigenvalue weighted by atomic mass is 19.4. The number of nitrogens with one attached hydrogen (secondary N) is 2. The first-order chi connectivity index (χ1) is 19.9. The summed E-state index contributed by atoms with van der Waals surface area (Å²) >= 11 is 0. The normalized spacial score (nSPS) is 11.6. The SMILES string of the molecule is CCOc1cc(-c2cnc(NC(=O)Nc3cc(C(C)(C)C(F)(F)F)on3)c(C)n2)cnc1OCc1ccc(OC)cc1. The molecular formula is C28H29F3N6O5. The zero-order valence-corrected chi connectivity index (χ0v) is 23.5. The molecule has 42 heavy (non-hydrogen) atoms. The van der Waals surface area contributed by atoms with E-state index < -0.39 is 23.4 Å². The average molecular weight is 587 g/mol. The van der Waals surface area contributed by atoms with Crippen LogP contribution in [-0.2, 0) is 12.0 Å². The van der Waals surface area contributed by atoms with Gasteiger partial charge in [0.25, 0.3) is 5.88 Å². The van der Waals surface area contributed by atoms with Crippen LogP contribution in [0.1, 0.15) is 37.8 Å². The molecule has 3 heterocycles. The first-order valence-corrected chi connectivity index (χ1v) is 12.8. The number of carbonyl (C=O) groups excluding carboxylic acids is 1.